The number of aromatic nitrogens is 1. The fourth-order valence-corrected chi connectivity index (χ4v) is 0.827. The molecule has 0 saturated heterocycles. The van der Waals surface area contributed by atoms with Gasteiger partial charge in [-0.2, -0.15) is 12.6 Å². The molecule has 0 bridgehead atoms. The van der Waals surface area contributed by atoms with Gasteiger partial charge in [0.1, 0.15) is 0 Å². The molecule has 1 nitrogen and oxygen atoms in total. The van der Waals surface area contributed by atoms with Gasteiger partial charge in [-0.05, 0) is 18.6 Å². The predicted molar refractivity (Wildman–Crippen MR) is 49.7 cm³/mol. The van der Waals surface area contributed by atoms with Gasteiger partial charge in [0, 0.05) is 18.0 Å². The predicted octanol–water partition coefficient (Wildman–Crippen LogP) is 1.67. The molecule has 1 aromatic heterocycles. The van der Waals surface area contributed by atoms with Crippen LogP contribution in [-0.2, 0) is 0 Å². The molecule has 0 saturated carbocycles. The molecule has 11 heavy (non-hydrogen) atoms. The van der Waals surface area contributed by atoms with Crippen molar-refractivity contribution in [2.24, 2.45) is 0 Å². The molecule has 0 amide bonds. The molecule has 0 aliphatic carbocycles. The van der Waals surface area contributed by atoms with Crippen LogP contribution in [0.2, 0.25) is 0 Å². The summed E-state index contributed by atoms with van der Waals surface area (Å²) in [6, 6.07) is 1.91. The Hall–Kier alpha value is -0.940. The molecular weight excluding hydrogens is 154 g/mol. The first-order valence-corrected chi connectivity index (χ1v) is 3.98. The van der Waals surface area contributed by atoms with Crippen molar-refractivity contribution in [1.29, 1.82) is 0 Å². The number of thiol groups is 1. The third-order valence-corrected chi connectivity index (χ3v) is 1.48. The quantitative estimate of drug-likeness (QED) is 0.453. The fraction of sp³-hybridized carbons (Fsp3) is 0.222. The Bertz CT molecular complexity index is 296. The van der Waals surface area contributed by atoms with Crippen LogP contribution in [0.5, 0.6) is 0 Å². The third-order valence-electron chi connectivity index (χ3n) is 1.32. The van der Waals surface area contributed by atoms with Gasteiger partial charge in [-0.25, -0.2) is 0 Å². The van der Waals surface area contributed by atoms with Gasteiger partial charge in [0.25, 0.3) is 0 Å². The molecule has 2 heteroatoms. The summed E-state index contributed by atoms with van der Waals surface area (Å²) in [5.74, 6) is 6.49. The lowest BCUT2D eigenvalue weighted by Gasteiger charge is -1.93. The monoisotopic (exact) mass is 163 g/mol. The van der Waals surface area contributed by atoms with Crippen molar-refractivity contribution in [2.75, 3.05) is 5.75 Å². The molecule has 0 atom stereocenters. The minimum atomic E-state index is 0.599. The molecule has 0 N–H and O–H groups in total. The van der Waals surface area contributed by atoms with E-state index in [1.807, 2.05) is 19.2 Å². The summed E-state index contributed by atoms with van der Waals surface area (Å²) < 4.78 is 0. The maximum atomic E-state index is 4.00. The second kappa shape index (κ2) is 4.05. The Balaban J connectivity index is 2.95. The average molecular weight is 163 g/mol. The highest BCUT2D eigenvalue weighted by Crippen LogP contribution is 2.01. The van der Waals surface area contributed by atoms with E-state index in [2.05, 4.69) is 29.5 Å². The van der Waals surface area contributed by atoms with Crippen LogP contribution in [0.3, 0.4) is 0 Å². The summed E-state index contributed by atoms with van der Waals surface area (Å²) in [5, 5.41) is 0. The van der Waals surface area contributed by atoms with Crippen LogP contribution in [0, 0.1) is 18.8 Å². The van der Waals surface area contributed by atoms with Gasteiger partial charge in [-0.15, -0.1) is 0 Å². The van der Waals surface area contributed by atoms with Gasteiger partial charge in [0.05, 0.1) is 5.75 Å². The normalized spacial score (nSPS) is 8.55. The van der Waals surface area contributed by atoms with Crippen LogP contribution in [0.4, 0.5) is 0 Å². The first-order chi connectivity index (χ1) is 5.34. The smallest absolute Gasteiger partial charge is 0.0521 e. The first kappa shape index (κ1) is 8.16. The van der Waals surface area contributed by atoms with E-state index in [1.165, 1.54) is 0 Å². The molecule has 0 aliphatic heterocycles. The van der Waals surface area contributed by atoms with Crippen molar-refractivity contribution in [3.8, 4) is 11.8 Å². The van der Waals surface area contributed by atoms with Gasteiger partial charge in [-0.3, -0.25) is 4.98 Å². The van der Waals surface area contributed by atoms with E-state index in [4.69, 9.17) is 0 Å². The van der Waals surface area contributed by atoms with E-state index in [9.17, 15) is 0 Å². The maximum absolute atomic E-state index is 4.00. The van der Waals surface area contributed by atoms with Crippen molar-refractivity contribution < 1.29 is 0 Å². The number of nitrogens with zero attached hydrogens (tertiary/aromatic N) is 1. The Morgan fingerprint density at radius 3 is 3.09 bits per heavy atom. The number of hydrogen-bond acceptors (Lipinski definition) is 2. The average Bonchev–Trinajstić information content (AvgIpc) is 2.03. The molecule has 1 heterocycles. The van der Waals surface area contributed by atoms with Gasteiger partial charge < -0.3 is 0 Å². The van der Waals surface area contributed by atoms with Crippen molar-refractivity contribution >= 4 is 12.6 Å². The van der Waals surface area contributed by atoms with E-state index in [-0.39, 0.29) is 0 Å². The van der Waals surface area contributed by atoms with Crippen molar-refractivity contribution in [3.05, 3.63) is 29.6 Å². The first-order valence-electron chi connectivity index (χ1n) is 3.35. The largest absolute Gasteiger partial charge is 0.264 e. The molecule has 1 aromatic rings. The molecule has 56 valence electrons. The minimum Gasteiger partial charge on any atom is -0.264 e. The Morgan fingerprint density at radius 2 is 2.45 bits per heavy atom. The molecule has 0 unspecified atom stereocenters. The van der Waals surface area contributed by atoms with Crippen LogP contribution in [0.1, 0.15) is 11.1 Å². The number of rotatable bonds is 0. The molecule has 0 radical (unpaired) electrons. The SMILES string of the molecule is Cc1cnccc1C#CCS. The van der Waals surface area contributed by atoms with Crippen molar-refractivity contribution in [3.63, 3.8) is 0 Å². The van der Waals surface area contributed by atoms with Gasteiger partial charge in [-0.1, -0.05) is 11.8 Å². The van der Waals surface area contributed by atoms with Crippen LogP contribution in [0.15, 0.2) is 18.5 Å². The van der Waals surface area contributed by atoms with Gasteiger partial charge in [0.15, 0.2) is 0 Å². The lowest BCUT2D eigenvalue weighted by atomic mass is 10.2. The second-order valence-electron chi connectivity index (χ2n) is 2.15. The Morgan fingerprint density at radius 1 is 1.64 bits per heavy atom. The fourth-order valence-electron chi connectivity index (χ4n) is 0.748. The molecule has 0 aromatic carbocycles. The number of pyridine rings is 1. The Kier molecular flexibility index (Phi) is 3.00. The zero-order valence-corrected chi connectivity index (χ0v) is 7.23. The van der Waals surface area contributed by atoms with Crippen molar-refractivity contribution in [1.82, 2.24) is 4.98 Å². The molecule has 0 fully saturated rings. The van der Waals surface area contributed by atoms with E-state index in [0.29, 0.717) is 5.75 Å². The highest BCUT2D eigenvalue weighted by Gasteiger charge is 1.89. The van der Waals surface area contributed by atoms with Gasteiger partial charge >= 0.3 is 0 Å². The Labute approximate surface area is 72.3 Å². The maximum Gasteiger partial charge on any atom is 0.0521 e. The highest BCUT2D eigenvalue weighted by molar-refractivity contribution is 7.80. The van der Waals surface area contributed by atoms with E-state index >= 15 is 0 Å². The van der Waals surface area contributed by atoms with Crippen LogP contribution in [-0.4, -0.2) is 10.7 Å². The van der Waals surface area contributed by atoms with Crippen LogP contribution < -0.4 is 0 Å². The highest BCUT2D eigenvalue weighted by atomic mass is 32.1. The lowest BCUT2D eigenvalue weighted by Crippen LogP contribution is -1.82. The van der Waals surface area contributed by atoms with Crippen molar-refractivity contribution in [2.45, 2.75) is 6.92 Å². The number of aryl methyl sites for hydroxylation is 1. The summed E-state index contributed by atoms with van der Waals surface area (Å²) in [5.41, 5.74) is 2.15. The van der Waals surface area contributed by atoms with E-state index in [0.717, 1.165) is 11.1 Å². The number of hydrogen-bond donors (Lipinski definition) is 1. The molecule has 1 rings (SSSR count). The van der Waals surface area contributed by atoms with E-state index in [1.54, 1.807) is 6.20 Å². The lowest BCUT2D eigenvalue weighted by molar-refractivity contribution is 1.25. The summed E-state index contributed by atoms with van der Waals surface area (Å²) >= 11 is 4.00. The molecular formula is C9H9NS. The van der Waals surface area contributed by atoms with Gasteiger partial charge in [0.2, 0.25) is 0 Å². The standard InChI is InChI=1S/C9H9NS/c1-8-7-10-5-4-9(8)3-2-6-11/h4-5,7,11H,6H2,1H3. The zero-order valence-electron chi connectivity index (χ0n) is 6.33. The summed E-state index contributed by atoms with van der Waals surface area (Å²) in [4.78, 5) is 3.97. The van der Waals surface area contributed by atoms with E-state index < -0.39 is 0 Å². The topological polar surface area (TPSA) is 12.9 Å². The molecule has 0 spiro atoms. The van der Waals surface area contributed by atoms with Crippen LogP contribution in [0.25, 0.3) is 0 Å². The van der Waals surface area contributed by atoms with Crippen LogP contribution >= 0.6 is 12.6 Å². The molecule has 0 aliphatic rings. The second-order valence-corrected chi connectivity index (χ2v) is 2.47. The minimum absolute atomic E-state index is 0.599. The summed E-state index contributed by atoms with van der Waals surface area (Å²) in [6.45, 7) is 2.00. The summed E-state index contributed by atoms with van der Waals surface area (Å²) in [6.07, 6.45) is 3.55. The summed E-state index contributed by atoms with van der Waals surface area (Å²) in [7, 11) is 0. The zero-order chi connectivity index (χ0) is 8.10. The third kappa shape index (κ3) is 2.28.